The molecule has 1 fully saturated rings. The largest absolute Gasteiger partial charge is 0.444 e. The average molecular weight is 302 g/mol. The number of carbonyl (C=O) groups is 1. The SMILES string of the molecule is COC(OC)C(C)NCC1(NC(=O)OC(C)(C)C)CCC1. The normalized spacial score (nSPS) is 19.0. The predicted octanol–water partition coefficient (Wildman–Crippen LogP) is 2.03. The van der Waals surface area contributed by atoms with Gasteiger partial charge in [-0.3, -0.25) is 0 Å². The first-order chi connectivity index (χ1) is 9.71. The van der Waals surface area contributed by atoms with Crippen molar-refractivity contribution < 1.29 is 19.0 Å². The topological polar surface area (TPSA) is 68.8 Å². The van der Waals surface area contributed by atoms with Crippen LogP contribution in [-0.4, -0.2) is 50.3 Å². The van der Waals surface area contributed by atoms with Gasteiger partial charge in [0, 0.05) is 20.8 Å². The molecular formula is C15H30N2O4. The Morgan fingerprint density at radius 3 is 2.19 bits per heavy atom. The maximum absolute atomic E-state index is 11.9. The third kappa shape index (κ3) is 5.80. The first-order valence-corrected chi connectivity index (χ1v) is 7.51. The lowest BCUT2D eigenvalue weighted by Crippen LogP contribution is -2.61. The summed E-state index contributed by atoms with van der Waals surface area (Å²) in [5.74, 6) is 0. The van der Waals surface area contributed by atoms with E-state index >= 15 is 0 Å². The van der Waals surface area contributed by atoms with Crippen molar-refractivity contribution in [2.24, 2.45) is 0 Å². The molecule has 1 aliphatic carbocycles. The van der Waals surface area contributed by atoms with Gasteiger partial charge in [-0.15, -0.1) is 0 Å². The molecule has 1 saturated carbocycles. The molecule has 124 valence electrons. The van der Waals surface area contributed by atoms with E-state index in [9.17, 15) is 4.79 Å². The third-order valence-corrected chi connectivity index (χ3v) is 3.71. The van der Waals surface area contributed by atoms with Gasteiger partial charge in [0.15, 0.2) is 6.29 Å². The fraction of sp³-hybridized carbons (Fsp3) is 0.933. The number of alkyl carbamates (subject to hydrolysis) is 1. The molecular weight excluding hydrogens is 272 g/mol. The van der Waals surface area contributed by atoms with Crippen LogP contribution in [0, 0.1) is 0 Å². The third-order valence-electron chi connectivity index (χ3n) is 3.71. The Bertz CT molecular complexity index is 333. The zero-order valence-electron chi connectivity index (χ0n) is 14.1. The van der Waals surface area contributed by atoms with Gasteiger partial charge in [0.25, 0.3) is 0 Å². The van der Waals surface area contributed by atoms with Crippen molar-refractivity contribution in [3.8, 4) is 0 Å². The van der Waals surface area contributed by atoms with E-state index in [1.807, 2.05) is 27.7 Å². The lowest BCUT2D eigenvalue weighted by molar-refractivity contribution is -0.120. The van der Waals surface area contributed by atoms with Crippen molar-refractivity contribution in [1.82, 2.24) is 10.6 Å². The Hall–Kier alpha value is -0.850. The molecule has 1 unspecified atom stereocenters. The van der Waals surface area contributed by atoms with Gasteiger partial charge < -0.3 is 24.8 Å². The van der Waals surface area contributed by atoms with E-state index in [0.29, 0.717) is 6.54 Å². The van der Waals surface area contributed by atoms with E-state index in [1.54, 1.807) is 14.2 Å². The molecule has 6 heteroatoms. The summed E-state index contributed by atoms with van der Waals surface area (Å²) in [7, 11) is 3.23. The molecule has 21 heavy (non-hydrogen) atoms. The number of hydrogen-bond donors (Lipinski definition) is 2. The zero-order valence-corrected chi connectivity index (χ0v) is 14.1. The summed E-state index contributed by atoms with van der Waals surface area (Å²) in [6.07, 6.45) is 2.37. The van der Waals surface area contributed by atoms with Crippen molar-refractivity contribution in [1.29, 1.82) is 0 Å². The van der Waals surface area contributed by atoms with Crippen molar-refractivity contribution in [2.45, 2.75) is 70.4 Å². The van der Waals surface area contributed by atoms with E-state index in [4.69, 9.17) is 14.2 Å². The highest BCUT2D eigenvalue weighted by atomic mass is 16.7. The van der Waals surface area contributed by atoms with Crippen LogP contribution >= 0.6 is 0 Å². The number of carbonyl (C=O) groups excluding carboxylic acids is 1. The monoisotopic (exact) mass is 302 g/mol. The lowest BCUT2D eigenvalue weighted by atomic mass is 9.76. The first-order valence-electron chi connectivity index (χ1n) is 7.51. The molecule has 6 nitrogen and oxygen atoms in total. The van der Waals surface area contributed by atoms with Crippen LogP contribution in [0.5, 0.6) is 0 Å². The lowest BCUT2D eigenvalue weighted by Gasteiger charge is -2.43. The van der Waals surface area contributed by atoms with E-state index < -0.39 is 5.60 Å². The van der Waals surface area contributed by atoms with Crippen molar-refractivity contribution in [3.05, 3.63) is 0 Å². The molecule has 0 aromatic rings. The molecule has 0 spiro atoms. The summed E-state index contributed by atoms with van der Waals surface area (Å²) < 4.78 is 15.8. The summed E-state index contributed by atoms with van der Waals surface area (Å²) >= 11 is 0. The van der Waals surface area contributed by atoms with Crippen LogP contribution in [0.3, 0.4) is 0 Å². The van der Waals surface area contributed by atoms with Crippen LogP contribution in [-0.2, 0) is 14.2 Å². The number of hydrogen-bond acceptors (Lipinski definition) is 5. The standard InChI is InChI=1S/C15H30N2O4/c1-11(12(19-5)20-6)16-10-15(8-7-9-15)17-13(18)21-14(2,3)4/h11-12,16H,7-10H2,1-6H3,(H,17,18). The van der Waals surface area contributed by atoms with Crippen molar-refractivity contribution in [3.63, 3.8) is 0 Å². The van der Waals surface area contributed by atoms with E-state index in [2.05, 4.69) is 10.6 Å². The molecule has 0 heterocycles. The zero-order chi connectivity index (χ0) is 16.1. The van der Waals surface area contributed by atoms with Crippen molar-refractivity contribution >= 4 is 6.09 Å². The van der Waals surface area contributed by atoms with Crippen LogP contribution in [0.15, 0.2) is 0 Å². The Morgan fingerprint density at radius 1 is 1.24 bits per heavy atom. The van der Waals surface area contributed by atoms with Crippen LogP contribution in [0.1, 0.15) is 47.0 Å². The first kappa shape index (κ1) is 18.2. The summed E-state index contributed by atoms with van der Waals surface area (Å²) in [6.45, 7) is 8.26. The number of methoxy groups -OCH3 is 2. The molecule has 2 N–H and O–H groups in total. The van der Waals surface area contributed by atoms with Gasteiger partial charge >= 0.3 is 6.09 Å². The maximum atomic E-state index is 11.9. The number of ether oxygens (including phenoxy) is 3. The molecule has 0 saturated heterocycles. The number of rotatable bonds is 7. The summed E-state index contributed by atoms with van der Waals surface area (Å²) in [5, 5.41) is 6.39. The number of amides is 1. The van der Waals surface area contributed by atoms with Gasteiger partial charge in [-0.25, -0.2) is 4.79 Å². The highest BCUT2D eigenvalue weighted by Crippen LogP contribution is 2.31. The second-order valence-corrected chi connectivity index (χ2v) is 6.77. The minimum atomic E-state index is -0.479. The van der Waals surface area contributed by atoms with Crippen LogP contribution in [0.4, 0.5) is 4.79 Å². The Balaban J connectivity index is 2.48. The highest BCUT2D eigenvalue weighted by Gasteiger charge is 2.39. The van der Waals surface area contributed by atoms with Crippen LogP contribution < -0.4 is 10.6 Å². The van der Waals surface area contributed by atoms with Gasteiger partial charge in [-0.1, -0.05) is 0 Å². The van der Waals surface area contributed by atoms with Gasteiger partial charge in [-0.05, 0) is 47.0 Å². The molecule has 1 amide bonds. The maximum Gasteiger partial charge on any atom is 0.408 e. The Morgan fingerprint density at radius 2 is 1.81 bits per heavy atom. The van der Waals surface area contributed by atoms with Gasteiger partial charge in [0.05, 0.1) is 11.6 Å². The van der Waals surface area contributed by atoms with Crippen LogP contribution in [0.2, 0.25) is 0 Å². The fourth-order valence-corrected chi connectivity index (χ4v) is 2.43. The molecule has 0 radical (unpaired) electrons. The predicted molar refractivity (Wildman–Crippen MR) is 81.2 cm³/mol. The van der Waals surface area contributed by atoms with Gasteiger partial charge in [-0.2, -0.15) is 0 Å². The van der Waals surface area contributed by atoms with Gasteiger partial charge in [0.1, 0.15) is 5.60 Å². The second-order valence-electron chi connectivity index (χ2n) is 6.77. The fourth-order valence-electron chi connectivity index (χ4n) is 2.43. The second kappa shape index (κ2) is 7.42. The number of nitrogens with one attached hydrogen (secondary N) is 2. The molecule has 0 aromatic carbocycles. The molecule has 1 rings (SSSR count). The van der Waals surface area contributed by atoms with Crippen molar-refractivity contribution in [2.75, 3.05) is 20.8 Å². The van der Waals surface area contributed by atoms with E-state index in [-0.39, 0.29) is 24.0 Å². The molecule has 1 atom stereocenters. The van der Waals surface area contributed by atoms with E-state index in [1.165, 1.54) is 0 Å². The Kier molecular flexibility index (Phi) is 6.43. The summed E-state index contributed by atoms with van der Waals surface area (Å²) in [5.41, 5.74) is -0.699. The van der Waals surface area contributed by atoms with Gasteiger partial charge in [0.2, 0.25) is 0 Å². The quantitative estimate of drug-likeness (QED) is 0.704. The Labute approximate surface area is 127 Å². The highest BCUT2D eigenvalue weighted by molar-refractivity contribution is 5.69. The molecule has 0 bridgehead atoms. The smallest absolute Gasteiger partial charge is 0.408 e. The molecule has 0 aliphatic heterocycles. The minimum Gasteiger partial charge on any atom is -0.444 e. The van der Waals surface area contributed by atoms with Crippen LogP contribution in [0.25, 0.3) is 0 Å². The van der Waals surface area contributed by atoms with E-state index in [0.717, 1.165) is 19.3 Å². The minimum absolute atomic E-state index is 0.0397. The average Bonchev–Trinajstić information content (AvgIpc) is 2.31. The molecule has 0 aromatic heterocycles. The summed E-state index contributed by atoms with van der Waals surface area (Å²) in [4.78, 5) is 11.9. The molecule has 1 aliphatic rings. The summed E-state index contributed by atoms with van der Waals surface area (Å²) in [6, 6.07) is 0.0397.